The Bertz CT molecular complexity index is 1180. The van der Waals surface area contributed by atoms with E-state index in [1.54, 1.807) is 0 Å². The highest BCUT2D eigenvalue weighted by Crippen LogP contribution is 2.15. The van der Waals surface area contributed by atoms with Gasteiger partial charge in [0.1, 0.15) is 13.2 Å². The summed E-state index contributed by atoms with van der Waals surface area (Å²) in [4.78, 5) is 38.0. The van der Waals surface area contributed by atoms with Gasteiger partial charge in [-0.1, -0.05) is 236 Å². The smallest absolute Gasteiger partial charge is 0.306 e. The van der Waals surface area contributed by atoms with Gasteiger partial charge in [-0.05, 0) is 83.5 Å². The number of hydrogen-bond acceptors (Lipinski definition) is 6. The predicted octanol–water partition coefficient (Wildman–Crippen LogP) is 18.4. The minimum absolute atomic E-state index is 0.0900. The molecule has 0 aliphatic carbocycles. The lowest BCUT2D eigenvalue weighted by molar-refractivity contribution is -0.167. The molecule has 0 aromatic carbocycles. The highest BCUT2D eigenvalue weighted by Gasteiger charge is 2.19. The number of esters is 3. The molecular weight excluding hydrogens is 805 g/mol. The Kier molecular flexibility index (Phi) is 51.3. The number of rotatable bonds is 50. The van der Waals surface area contributed by atoms with Crippen LogP contribution in [0.25, 0.3) is 0 Å². The number of allylic oxidation sites excluding steroid dienone is 10. The molecule has 0 fully saturated rings. The second-order valence-corrected chi connectivity index (χ2v) is 18.5. The van der Waals surface area contributed by atoms with Gasteiger partial charge in [0.2, 0.25) is 0 Å². The highest BCUT2D eigenvalue weighted by molar-refractivity contribution is 5.71. The summed E-state index contributed by atoms with van der Waals surface area (Å²) in [6.07, 6.45) is 66.4. The fourth-order valence-corrected chi connectivity index (χ4v) is 7.78. The molecule has 65 heavy (non-hydrogen) atoms. The maximum absolute atomic E-state index is 12.8. The van der Waals surface area contributed by atoms with E-state index >= 15 is 0 Å². The van der Waals surface area contributed by atoms with Gasteiger partial charge in [-0.3, -0.25) is 14.4 Å². The van der Waals surface area contributed by atoms with Gasteiger partial charge in [0.05, 0.1) is 0 Å². The molecule has 376 valence electrons. The Morgan fingerprint density at radius 2 is 0.569 bits per heavy atom. The molecule has 0 saturated carbocycles. The number of carbonyl (C=O) groups is 3. The van der Waals surface area contributed by atoms with Crippen LogP contribution in [0.1, 0.15) is 278 Å². The molecule has 0 N–H and O–H groups in total. The number of unbranched alkanes of at least 4 members (excludes halogenated alkanes) is 29. The monoisotopic (exact) mass is 909 g/mol. The zero-order valence-corrected chi connectivity index (χ0v) is 43.0. The zero-order chi connectivity index (χ0) is 47.2. The van der Waals surface area contributed by atoms with E-state index in [4.69, 9.17) is 14.2 Å². The standard InChI is InChI=1S/C59H104O6/c1-4-7-10-13-16-19-22-24-26-28-29-31-33-35-38-40-43-46-49-52-58(61)64-55-56(65-59(62)53-50-47-44-41-36-21-18-15-12-9-6-3)54-63-57(60)51-48-45-42-39-37-34-32-30-27-25-23-20-17-14-11-8-5-2/h17,20,24-27,32,34,39,42,56H,4-16,18-19,21-23,28-31,33,35-38,40-41,43-55H2,1-3H3/b20-17-,26-24-,27-25-,34-32-,42-39-/t56-/m1/s1. The van der Waals surface area contributed by atoms with Crippen LogP contribution < -0.4 is 0 Å². The summed E-state index contributed by atoms with van der Waals surface area (Å²) in [5.41, 5.74) is 0. The van der Waals surface area contributed by atoms with Crippen molar-refractivity contribution in [2.75, 3.05) is 13.2 Å². The largest absolute Gasteiger partial charge is 0.462 e. The molecule has 0 aromatic rings. The first-order valence-electron chi connectivity index (χ1n) is 27.8. The van der Waals surface area contributed by atoms with Gasteiger partial charge in [0.15, 0.2) is 6.10 Å². The average molecular weight is 909 g/mol. The topological polar surface area (TPSA) is 78.9 Å². The van der Waals surface area contributed by atoms with E-state index in [1.165, 1.54) is 167 Å². The number of ether oxygens (including phenoxy) is 3. The third-order valence-electron chi connectivity index (χ3n) is 12.0. The van der Waals surface area contributed by atoms with Crippen molar-refractivity contribution in [2.24, 2.45) is 0 Å². The first-order chi connectivity index (χ1) is 32.0. The molecule has 0 heterocycles. The van der Waals surface area contributed by atoms with Gasteiger partial charge in [0, 0.05) is 19.3 Å². The van der Waals surface area contributed by atoms with Gasteiger partial charge in [-0.15, -0.1) is 0 Å². The number of carbonyl (C=O) groups excluding carboxylic acids is 3. The lowest BCUT2D eigenvalue weighted by Gasteiger charge is -2.18. The molecule has 1 atom stereocenters. The van der Waals surface area contributed by atoms with Crippen molar-refractivity contribution in [3.05, 3.63) is 60.8 Å². The van der Waals surface area contributed by atoms with Crippen LogP contribution in [0, 0.1) is 0 Å². The predicted molar refractivity (Wildman–Crippen MR) is 279 cm³/mol. The van der Waals surface area contributed by atoms with Crippen LogP contribution in [0.3, 0.4) is 0 Å². The van der Waals surface area contributed by atoms with E-state index in [0.717, 1.165) is 64.2 Å². The maximum Gasteiger partial charge on any atom is 0.306 e. The van der Waals surface area contributed by atoms with Gasteiger partial charge in [-0.2, -0.15) is 0 Å². The quantitative estimate of drug-likeness (QED) is 0.0262. The Balaban J connectivity index is 4.38. The van der Waals surface area contributed by atoms with Gasteiger partial charge >= 0.3 is 17.9 Å². The summed E-state index contributed by atoms with van der Waals surface area (Å²) in [5.74, 6) is -0.943. The molecule has 0 bridgehead atoms. The lowest BCUT2D eigenvalue weighted by atomic mass is 10.1. The van der Waals surface area contributed by atoms with Crippen LogP contribution in [0.4, 0.5) is 0 Å². The van der Waals surface area contributed by atoms with Gasteiger partial charge in [0.25, 0.3) is 0 Å². The lowest BCUT2D eigenvalue weighted by Crippen LogP contribution is -2.30. The molecule has 0 aliphatic rings. The Morgan fingerprint density at radius 3 is 0.969 bits per heavy atom. The van der Waals surface area contributed by atoms with E-state index in [0.29, 0.717) is 19.3 Å². The van der Waals surface area contributed by atoms with E-state index in [9.17, 15) is 14.4 Å². The van der Waals surface area contributed by atoms with Crippen molar-refractivity contribution in [1.82, 2.24) is 0 Å². The summed E-state index contributed by atoms with van der Waals surface area (Å²) >= 11 is 0. The number of hydrogen-bond donors (Lipinski definition) is 0. The van der Waals surface area contributed by atoms with Crippen molar-refractivity contribution in [2.45, 2.75) is 284 Å². The van der Waals surface area contributed by atoms with Crippen molar-refractivity contribution in [3.63, 3.8) is 0 Å². The van der Waals surface area contributed by atoms with E-state index in [-0.39, 0.29) is 37.5 Å². The maximum atomic E-state index is 12.8. The zero-order valence-electron chi connectivity index (χ0n) is 43.0. The van der Waals surface area contributed by atoms with Crippen molar-refractivity contribution < 1.29 is 28.6 Å². The van der Waals surface area contributed by atoms with Crippen LogP contribution in [0.15, 0.2) is 60.8 Å². The Labute approximate surface area is 402 Å². The third kappa shape index (κ3) is 51.9. The minimum atomic E-state index is -0.794. The van der Waals surface area contributed by atoms with Crippen molar-refractivity contribution in [1.29, 1.82) is 0 Å². The molecule has 0 radical (unpaired) electrons. The normalized spacial score (nSPS) is 12.5. The van der Waals surface area contributed by atoms with Crippen molar-refractivity contribution in [3.8, 4) is 0 Å². The molecule has 0 aromatic heterocycles. The molecule has 6 heteroatoms. The first-order valence-corrected chi connectivity index (χ1v) is 27.8. The second kappa shape index (κ2) is 53.7. The molecule has 0 amide bonds. The van der Waals surface area contributed by atoms with E-state index in [2.05, 4.69) is 81.5 Å². The molecular formula is C59H104O6. The summed E-state index contributed by atoms with van der Waals surface area (Å²) in [6.45, 7) is 6.57. The van der Waals surface area contributed by atoms with Crippen LogP contribution in [0.5, 0.6) is 0 Å². The molecule has 0 aliphatic heterocycles. The van der Waals surface area contributed by atoms with Crippen LogP contribution in [-0.2, 0) is 28.6 Å². The third-order valence-corrected chi connectivity index (χ3v) is 12.0. The molecule has 0 unspecified atom stereocenters. The summed E-state index contributed by atoms with van der Waals surface area (Å²) in [5, 5.41) is 0. The van der Waals surface area contributed by atoms with Gasteiger partial charge in [-0.25, -0.2) is 0 Å². The fraction of sp³-hybridized carbons (Fsp3) is 0.780. The first kappa shape index (κ1) is 62.1. The molecule has 0 saturated heterocycles. The molecule has 0 spiro atoms. The summed E-state index contributed by atoms with van der Waals surface area (Å²) in [6, 6.07) is 0. The van der Waals surface area contributed by atoms with E-state index < -0.39 is 6.10 Å². The van der Waals surface area contributed by atoms with Gasteiger partial charge < -0.3 is 14.2 Å². The second-order valence-electron chi connectivity index (χ2n) is 18.5. The summed E-state index contributed by atoms with van der Waals surface area (Å²) in [7, 11) is 0. The molecule has 0 rings (SSSR count). The highest BCUT2D eigenvalue weighted by atomic mass is 16.6. The molecule has 6 nitrogen and oxygen atoms in total. The minimum Gasteiger partial charge on any atom is -0.462 e. The Hall–Kier alpha value is -2.89. The average Bonchev–Trinajstić information content (AvgIpc) is 3.30. The fourth-order valence-electron chi connectivity index (χ4n) is 7.78. The Morgan fingerprint density at radius 1 is 0.308 bits per heavy atom. The SMILES string of the molecule is CCCCC/C=C\C/C=C\C/C=C\C/C=C\CCCC(=O)OC[C@H](COC(=O)CCCCCCCCCCC/C=C\CCCCCCCC)OC(=O)CCCCCCCCCCCCC. The van der Waals surface area contributed by atoms with Crippen molar-refractivity contribution >= 4 is 17.9 Å². The van der Waals surface area contributed by atoms with Crippen LogP contribution in [0.2, 0.25) is 0 Å². The summed E-state index contributed by atoms with van der Waals surface area (Å²) < 4.78 is 16.8. The van der Waals surface area contributed by atoms with Crippen LogP contribution >= 0.6 is 0 Å². The van der Waals surface area contributed by atoms with Crippen LogP contribution in [-0.4, -0.2) is 37.2 Å². The van der Waals surface area contributed by atoms with E-state index in [1.807, 2.05) is 0 Å².